The monoisotopic (exact) mass is 341 g/mol. The standard InChI is InChI=1S/C14H10Cl3N3O/c15-9-5-1-3-7-11(9)18-14(21)13(17)20-19-12-8-4-2-6-10(12)16/h1-8,19H,(H,18,21)/b20-13-. The van der Waals surface area contributed by atoms with Gasteiger partial charge in [-0.1, -0.05) is 59.1 Å². The summed E-state index contributed by atoms with van der Waals surface area (Å²) in [6, 6.07) is 13.8. The van der Waals surface area contributed by atoms with E-state index in [-0.39, 0.29) is 5.17 Å². The highest BCUT2D eigenvalue weighted by atomic mass is 35.5. The Bertz CT molecular complexity index is 689. The Morgan fingerprint density at radius 1 is 0.905 bits per heavy atom. The summed E-state index contributed by atoms with van der Waals surface area (Å²) in [5.74, 6) is -0.579. The molecule has 0 spiro atoms. The highest BCUT2D eigenvalue weighted by molar-refractivity contribution is 6.84. The van der Waals surface area contributed by atoms with E-state index in [2.05, 4.69) is 15.8 Å². The number of hydrazone groups is 1. The van der Waals surface area contributed by atoms with Gasteiger partial charge in [0.2, 0.25) is 5.17 Å². The molecule has 4 nitrogen and oxygen atoms in total. The summed E-state index contributed by atoms with van der Waals surface area (Å²) >= 11 is 17.7. The predicted octanol–water partition coefficient (Wildman–Crippen LogP) is 4.60. The Kier molecular flexibility index (Phi) is 5.44. The number of para-hydroxylation sites is 2. The summed E-state index contributed by atoms with van der Waals surface area (Å²) in [6.45, 7) is 0. The van der Waals surface area contributed by atoms with Crippen molar-refractivity contribution in [1.82, 2.24) is 0 Å². The van der Waals surface area contributed by atoms with Gasteiger partial charge in [-0.3, -0.25) is 10.2 Å². The molecular formula is C14H10Cl3N3O. The van der Waals surface area contributed by atoms with Crippen molar-refractivity contribution in [3.8, 4) is 0 Å². The van der Waals surface area contributed by atoms with E-state index in [4.69, 9.17) is 34.8 Å². The Labute approximate surface area is 136 Å². The summed E-state index contributed by atoms with van der Waals surface area (Å²) in [5.41, 5.74) is 3.62. The largest absolute Gasteiger partial charge is 0.318 e. The summed E-state index contributed by atoms with van der Waals surface area (Å²) in [7, 11) is 0. The number of rotatable bonds is 4. The van der Waals surface area contributed by atoms with Crippen molar-refractivity contribution < 1.29 is 4.79 Å². The van der Waals surface area contributed by atoms with Crippen molar-refractivity contribution in [2.45, 2.75) is 0 Å². The van der Waals surface area contributed by atoms with Crippen LogP contribution in [0.1, 0.15) is 0 Å². The fraction of sp³-hybridized carbons (Fsp3) is 0. The molecule has 0 unspecified atom stereocenters. The molecule has 0 fully saturated rings. The number of nitrogens with one attached hydrogen (secondary N) is 2. The Morgan fingerprint density at radius 2 is 1.43 bits per heavy atom. The van der Waals surface area contributed by atoms with Gasteiger partial charge in [-0.25, -0.2) is 0 Å². The summed E-state index contributed by atoms with van der Waals surface area (Å²) in [4.78, 5) is 11.9. The van der Waals surface area contributed by atoms with Gasteiger partial charge in [0.15, 0.2) is 0 Å². The second kappa shape index (κ2) is 7.31. The van der Waals surface area contributed by atoms with Crippen LogP contribution in [0.2, 0.25) is 10.0 Å². The first-order valence-corrected chi connectivity index (χ1v) is 7.01. The number of carbonyl (C=O) groups is 1. The van der Waals surface area contributed by atoms with E-state index < -0.39 is 5.91 Å². The molecule has 2 rings (SSSR count). The molecule has 21 heavy (non-hydrogen) atoms. The predicted molar refractivity (Wildman–Crippen MR) is 88.4 cm³/mol. The zero-order chi connectivity index (χ0) is 15.2. The third-order valence-corrected chi connectivity index (χ3v) is 3.37. The highest BCUT2D eigenvalue weighted by Gasteiger charge is 2.11. The smallest absolute Gasteiger partial charge is 0.287 e. The number of hydrogen-bond donors (Lipinski definition) is 2. The van der Waals surface area contributed by atoms with Gasteiger partial charge in [0, 0.05) is 0 Å². The van der Waals surface area contributed by atoms with E-state index in [9.17, 15) is 4.79 Å². The van der Waals surface area contributed by atoms with Crippen LogP contribution in [0.15, 0.2) is 53.6 Å². The van der Waals surface area contributed by atoms with E-state index >= 15 is 0 Å². The van der Waals surface area contributed by atoms with Gasteiger partial charge < -0.3 is 5.32 Å². The van der Waals surface area contributed by atoms with Crippen LogP contribution in [0.3, 0.4) is 0 Å². The van der Waals surface area contributed by atoms with Crippen LogP contribution in [0, 0.1) is 0 Å². The molecule has 0 aliphatic heterocycles. The third kappa shape index (κ3) is 4.36. The van der Waals surface area contributed by atoms with Crippen LogP contribution in [-0.2, 0) is 4.79 Å². The van der Waals surface area contributed by atoms with E-state index in [0.717, 1.165) is 0 Å². The molecule has 0 aliphatic rings. The first-order valence-electron chi connectivity index (χ1n) is 5.87. The molecule has 0 saturated heterocycles. The average Bonchev–Trinajstić information content (AvgIpc) is 2.48. The zero-order valence-corrected chi connectivity index (χ0v) is 12.9. The van der Waals surface area contributed by atoms with Gasteiger partial charge in [-0.05, 0) is 24.3 Å². The van der Waals surface area contributed by atoms with Crippen LogP contribution in [0.4, 0.5) is 11.4 Å². The molecule has 0 aromatic heterocycles. The maximum atomic E-state index is 11.9. The molecule has 108 valence electrons. The molecule has 0 bridgehead atoms. The zero-order valence-electron chi connectivity index (χ0n) is 10.6. The molecule has 0 aliphatic carbocycles. The lowest BCUT2D eigenvalue weighted by molar-refractivity contribution is -0.110. The number of benzene rings is 2. The van der Waals surface area contributed by atoms with Gasteiger partial charge in [0.25, 0.3) is 5.91 Å². The number of nitrogens with zero attached hydrogens (tertiary/aromatic N) is 1. The minimum atomic E-state index is -0.579. The summed E-state index contributed by atoms with van der Waals surface area (Å²) in [5, 5.41) is 6.94. The minimum absolute atomic E-state index is 0.269. The van der Waals surface area contributed by atoms with Crippen molar-refractivity contribution in [2.75, 3.05) is 10.7 Å². The quantitative estimate of drug-likeness (QED) is 0.630. The number of anilines is 2. The summed E-state index contributed by atoms with van der Waals surface area (Å²) < 4.78 is 0. The number of hydrogen-bond acceptors (Lipinski definition) is 3. The maximum absolute atomic E-state index is 11.9. The van der Waals surface area contributed by atoms with Gasteiger partial charge in [-0.15, -0.1) is 0 Å². The number of carbonyl (C=O) groups excluding carboxylic acids is 1. The molecule has 7 heteroatoms. The molecule has 0 saturated carbocycles. The Morgan fingerprint density at radius 3 is 2.00 bits per heavy atom. The van der Waals surface area contributed by atoms with E-state index in [0.29, 0.717) is 21.4 Å². The third-order valence-electron chi connectivity index (χ3n) is 2.46. The lowest BCUT2D eigenvalue weighted by Crippen LogP contribution is -2.19. The van der Waals surface area contributed by atoms with Crippen molar-refractivity contribution in [2.24, 2.45) is 5.10 Å². The van der Waals surface area contributed by atoms with Crippen molar-refractivity contribution in [3.05, 3.63) is 58.6 Å². The lowest BCUT2D eigenvalue weighted by Gasteiger charge is -2.06. The normalized spacial score (nSPS) is 11.1. The first-order chi connectivity index (χ1) is 10.1. The minimum Gasteiger partial charge on any atom is -0.318 e. The van der Waals surface area contributed by atoms with Gasteiger partial charge in [-0.2, -0.15) is 5.10 Å². The Balaban J connectivity index is 2.04. The van der Waals surface area contributed by atoms with Crippen molar-refractivity contribution in [1.29, 1.82) is 0 Å². The topological polar surface area (TPSA) is 53.5 Å². The number of halogens is 3. The van der Waals surface area contributed by atoms with E-state index in [1.807, 2.05) is 0 Å². The SMILES string of the molecule is O=C(Nc1ccccc1Cl)/C(Cl)=N/Nc1ccccc1Cl. The lowest BCUT2D eigenvalue weighted by atomic mass is 10.3. The molecule has 1 amide bonds. The molecular weight excluding hydrogens is 333 g/mol. The molecule has 0 heterocycles. The van der Waals surface area contributed by atoms with Crippen molar-refractivity contribution in [3.63, 3.8) is 0 Å². The van der Waals surface area contributed by atoms with Crippen LogP contribution < -0.4 is 10.7 Å². The molecule has 2 N–H and O–H groups in total. The van der Waals surface area contributed by atoms with Gasteiger partial charge >= 0.3 is 0 Å². The average molecular weight is 343 g/mol. The molecule has 2 aromatic carbocycles. The van der Waals surface area contributed by atoms with Crippen LogP contribution in [0.5, 0.6) is 0 Å². The molecule has 2 aromatic rings. The molecule has 0 atom stereocenters. The fourth-order valence-electron chi connectivity index (χ4n) is 1.45. The number of amides is 1. The van der Waals surface area contributed by atoms with Crippen LogP contribution in [0.25, 0.3) is 0 Å². The summed E-state index contributed by atoms with van der Waals surface area (Å²) in [6.07, 6.45) is 0. The fourth-order valence-corrected chi connectivity index (χ4v) is 1.90. The van der Waals surface area contributed by atoms with Gasteiger partial charge in [0.05, 0.1) is 21.4 Å². The van der Waals surface area contributed by atoms with E-state index in [1.54, 1.807) is 48.5 Å². The van der Waals surface area contributed by atoms with Crippen LogP contribution >= 0.6 is 34.8 Å². The van der Waals surface area contributed by atoms with Crippen molar-refractivity contribution >= 4 is 57.3 Å². The second-order valence-electron chi connectivity index (χ2n) is 3.93. The van der Waals surface area contributed by atoms with Crippen LogP contribution in [-0.4, -0.2) is 11.1 Å². The Hall–Kier alpha value is -1.75. The second-order valence-corrected chi connectivity index (χ2v) is 5.10. The molecule has 0 radical (unpaired) electrons. The maximum Gasteiger partial charge on any atom is 0.287 e. The van der Waals surface area contributed by atoms with E-state index in [1.165, 1.54) is 0 Å². The first kappa shape index (κ1) is 15.6. The highest BCUT2D eigenvalue weighted by Crippen LogP contribution is 2.21. The van der Waals surface area contributed by atoms with Gasteiger partial charge in [0.1, 0.15) is 0 Å².